The van der Waals surface area contributed by atoms with Crippen molar-refractivity contribution in [2.75, 3.05) is 13.2 Å². The largest absolute Gasteiger partial charge is 0.462 e. The second-order valence-electron chi connectivity index (χ2n) is 12.3. The Morgan fingerprint density at radius 2 is 0.881 bits per heavy atom. The Hall–Kier alpha value is -1.36. The molecule has 0 heterocycles. The van der Waals surface area contributed by atoms with E-state index in [1.165, 1.54) is 128 Å². The van der Waals surface area contributed by atoms with E-state index in [1.54, 1.807) is 0 Å². The number of rotatable bonds is 33. The van der Waals surface area contributed by atoms with E-state index in [0.717, 1.165) is 38.5 Å². The summed E-state index contributed by atoms with van der Waals surface area (Å²) in [5, 5.41) is 9.52. The number of aliphatic hydroxyl groups excluding tert-OH is 1. The predicted molar refractivity (Wildman–Crippen MR) is 178 cm³/mol. The number of hydrogen-bond donors (Lipinski definition) is 1. The Morgan fingerprint density at radius 1 is 0.524 bits per heavy atom. The summed E-state index contributed by atoms with van der Waals surface area (Å²) in [6.07, 6.45) is 36.9. The quantitative estimate of drug-likeness (QED) is 0.0465. The zero-order valence-electron chi connectivity index (χ0n) is 28.0. The van der Waals surface area contributed by atoms with Crippen LogP contribution in [0.3, 0.4) is 0 Å². The van der Waals surface area contributed by atoms with Crippen LogP contribution in [0, 0.1) is 0 Å². The maximum atomic E-state index is 12.1. The van der Waals surface area contributed by atoms with Crippen molar-refractivity contribution in [2.45, 2.75) is 200 Å². The molecule has 0 rings (SSSR count). The predicted octanol–water partition coefficient (Wildman–Crippen LogP) is 11.0. The van der Waals surface area contributed by atoms with E-state index in [2.05, 4.69) is 26.0 Å². The molecular weight excluding hydrogens is 524 g/mol. The maximum absolute atomic E-state index is 12.1. The van der Waals surface area contributed by atoms with Crippen molar-refractivity contribution in [2.24, 2.45) is 0 Å². The average Bonchev–Trinajstić information content (AvgIpc) is 2.99. The van der Waals surface area contributed by atoms with Crippen LogP contribution >= 0.6 is 0 Å². The average molecular weight is 595 g/mol. The minimum Gasteiger partial charge on any atom is -0.462 e. The second kappa shape index (κ2) is 34.1. The molecule has 0 aliphatic rings. The van der Waals surface area contributed by atoms with Crippen LogP contribution in [0.1, 0.15) is 194 Å². The van der Waals surface area contributed by atoms with Gasteiger partial charge in [-0.05, 0) is 38.5 Å². The van der Waals surface area contributed by atoms with E-state index >= 15 is 0 Å². The zero-order valence-corrected chi connectivity index (χ0v) is 28.0. The minimum absolute atomic E-state index is 0.0619. The third-order valence-electron chi connectivity index (χ3n) is 8.06. The fourth-order valence-corrected chi connectivity index (χ4v) is 5.25. The first-order chi connectivity index (χ1) is 20.6. The van der Waals surface area contributed by atoms with Gasteiger partial charge in [-0.3, -0.25) is 9.59 Å². The van der Waals surface area contributed by atoms with Gasteiger partial charge in [-0.2, -0.15) is 0 Å². The van der Waals surface area contributed by atoms with E-state index in [-0.39, 0.29) is 25.2 Å². The number of allylic oxidation sites excluding steroid dienone is 2. The lowest BCUT2D eigenvalue weighted by atomic mass is 10.0. The van der Waals surface area contributed by atoms with Gasteiger partial charge >= 0.3 is 11.9 Å². The molecule has 0 fully saturated rings. The number of hydrogen-bond acceptors (Lipinski definition) is 5. The highest BCUT2D eigenvalue weighted by molar-refractivity contribution is 5.70. The molecule has 0 saturated carbocycles. The van der Waals surface area contributed by atoms with Gasteiger partial charge in [-0.25, -0.2) is 0 Å². The van der Waals surface area contributed by atoms with Crippen LogP contribution < -0.4 is 0 Å². The summed E-state index contributed by atoms with van der Waals surface area (Å²) >= 11 is 0. The van der Waals surface area contributed by atoms with Gasteiger partial charge in [0.05, 0.1) is 6.61 Å². The summed E-state index contributed by atoms with van der Waals surface area (Å²) < 4.78 is 10.6. The number of carbonyl (C=O) groups is 2. The van der Waals surface area contributed by atoms with Crippen molar-refractivity contribution < 1.29 is 24.2 Å². The van der Waals surface area contributed by atoms with Gasteiger partial charge < -0.3 is 14.6 Å². The molecular formula is C37H70O5. The number of carbonyl (C=O) groups excluding carboxylic acids is 2. The first-order valence-corrected chi connectivity index (χ1v) is 18.2. The normalized spacial score (nSPS) is 12.2. The fourth-order valence-electron chi connectivity index (χ4n) is 5.25. The molecule has 5 heteroatoms. The molecule has 0 saturated heterocycles. The van der Waals surface area contributed by atoms with Gasteiger partial charge in [0.15, 0.2) is 6.10 Å². The summed E-state index contributed by atoms with van der Waals surface area (Å²) in [6, 6.07) is 0. The zero-order chi connectivity index (χ0) is 30.8. The van der Waals surface area contributed by atoms with Crippen LogP contribution in [0.5, 0.6) is 0 Å². The van der Waals surface area contributed by atoms with Crippen LogP contribution in [0.4, 0.5) is 0 Å². The van der Waals surface area contributed by atoms with Crippen molar-refractivity contribution in [1.82, 2.24) is 0 Å². The molecule has 0 radical (unpaired) electrons. The summed E-state index contributed by atoms with van der Waals surface area (Å²) in [6.45, 7) is 4.12. The number of ether oxygens (including phenoxy) is 2. The van der Waals surface area contributed by atoms with E-state index in [9.17, 15) is 14.7 Å². The molecule has 0 amide bonds. The molecule has 5 nitrogen and oxygen atoms in total. The summed E-state index contributed by atoms with van der Waals surface area (Å²) in [5.74, 6) is -0.589. The Kier molecular flexibility index (Phi) is 33.0. The van der Waals surface area contributed by atoms with Crippen LogP contribution in [0.15, 0.2) is 12.2 Å². The van der Waals surface area contributed by atoms with Crippen molar-refractivity contribution in [3.05, 3.63) is 12.2 Å². The highest BCUT2D eigenvalue weighted by Gasteiger charge is 2.16. The van der Waals surface area contributed by atoms with Crippen molar-refractivity contribution in [3.63, 3.8) is 0 Å². The van der Waals surface area contributed by atoms with Crippen LogP contribution in [-0.2, 0) is 19.1 Å². The Labute approximate surface area is 261 Å². The smallest absolute Gasteiger partial charge is 0.306 e. The third kappa shape index (κ3) is 31.6. The summed E-state index contributed by atoms with van der Waals surface area (Å²) in [7, 11) is 0. The lowest BCUT2D eigenvalue weighted by Crippen LogP contribution is -2.28. The van der Waals surface area contributed by atoms with Crippen LogP contribution in [0.2, 0.25) is 0 Å². The SMILES string of the molecule is CCCCCCC=CCCCCCCCCCC(=O)O[C@@H](CO)COC(=O)CCCCCCCCCCCCCCC. The maximum Gasteiger partial charge on any atom is 0.306 e. The Bertz CT molecular complexity index is 603. The molecule has 1 N–H and O–H groups in total. The molecule has 0 aliphatic carbocycles. The molecule has 0 unspecified atom stereocenters. The van der Waals surface area contributed by atoms with Gasteiger partial charge in [-0.1, -0.05) is 154 Å². The molecule has 0 aromatic rings. The standard InChI is InChI=1S/C37H70O5/c1-3-5-7-9-11-13-15-17-18-20-22-24-26-28-30-32-37(40)42-35(33-38)34-41-36(39)31-29-27-25-23-21-19-16-14-12-10-8-6-4-2/h13,15,35,38H,3-12,14,16-34H2,1-2H3/t35-/m0/s1. The second-order valence-corrected chi connectivity index (χ2v) is 12.3. The van der Waals surface area contributed by atoms with Gasteiger partial charge in [0.2, 0.25) is 0 Å². The van der Waals surface area contributed by atoms with E-state index in [1.807, 2.05) is 0 Å². The molecule has 0 aromatic heterocycles. The first-order valence-electron chi connectivity index (χ1n) is 18.2. The molecule has 0 bridgehead atoms. The highest BCUT2D eigenvalue weighted by atomic mass is 16.6. The van der Waals surface area contributed by atoms with Crippen LogP contribution in [0.25, 0.3) is 0 Å². The van der Waals surface area contributed by atoms with Gasteiger partial charge in [0.25, 0.3) is 0 Å². The van der Waals surface area contributed by atoms with Gasteiger partial charge in [0.1, 0.15) is 6.61 Å². The number of unbranched alkanes of at least 4 members (excludes halogenated alkanes) is 23. The number of esters is 2. The number of aliphatic hydroxyl groups is 1. The minimum atomic E-state index is -0.765. The lowest BCUT2D eigenvalue weighted by molar-refractivity contribution is -0.161. The van der Waals surface area contributed by atoms with Crippen molar-refractivity contribution >= 4 is 11.9 Å². The van der Waals surface area contributed by atoms with Gasteiger partial charge in [0, 0.05) is 12.8 Å². The molecule has 0 aromatic carbocycles. The third-order valence-corrected chi connectivity index (χ3v) is 8.06. The van der Waals surface area contributed by atoms with Crippen molar-refractivity contribution in [1.29, 1.82) is 0 Å². The molecule has 1 atom stereocenters. The molecule has 248 valence electrons. The van der Waals surface area contributed by atoms with Gasteiger partial charge in [-0.15, -0.1) is 0 Å². The fraction of sp³-hybridized carbons (Fsp3) is 0.892. The van der Waals surface area contributed by atoms with E-state index < -0.39 is 6.10 Å². The highest BCUT2D eigenvalue weighted by Crippen LogP contribution is 2.14. The van der Waals surface area contributed by atoms with Crippen LogP contribution in [-0.4, -0.2) is 36.4 Å². The summed E-state index contributed by atoms with van der Waals surface area (Å²) in [4.78, 5) is 24.2. The summed E-state index contributed by atoms with van der Waals surface area (Å²) in [5.41, 5.74) is 0. The lowest BCUT2D eigenvalue weighted by Gasteiger charge is -2.15. The Balaban J connectivity index is 3.54. The molecule has 42 heavy (non-hydrogen) atoms. The van der Waals surface area contributed by atoms with E-state index in [4.69, 9.17) is 9.47 Å². The van der Waals surface area contributed by atoms with Crippen molar-refractivity contribution in [3.8, 4) is 0 Å². The van der Waals surface area contributed by atoms with E-state index in [0.29, 0.717) is 12.8 Å². The first kappa shape index (κ1) is 40.6. The Morgan fingerprint density at radius 3 is 1.31 bits per heavy atom. The molecule has 0 spiro atoms. The monoisotopic (exact) mass is 595 g/mol. The molecule has 0 aliphatic heterocycles. The topological polar surface area (TPSA) is 72.8 Å².